The maximum Gasteiger partial charge on any atom is 0.223 e. The average molecular weight is 317 g/mol. The predicted octanol–water partition coefficient (Wildman–Crippen LogP) is 2.74. The second-order valence-electron chi connectivity index (χ2n) is 5.33. The zero-order valence-corrected chi connectivity index (χ0v) is 13.9. The number of thioether (sulfide) groups is 1. The monoisotopic (exact) mass is 317 g/mol. The lowest BCUT2D eigenvalue weighted by molar-refractivity contribution is -0.130. The Morgan fingerprint density at radius 3 is 2.68 bits per heavy atom. The molecule has 0 unspecified atom stereocenters. The van der Waals surface area contributed by atoms with Crippen molar-refractivity contribution in [1.29, 1.82) is 5.26 Å². The van der Waals surface area contributed by atoms with Crippen molar-refractivity contribution in [3.63, 3.8) is 0 Å². The number of anilines is 1. The normalized spacial score (nSPS) is 15.3. The van der Waals surface area contributed by atoms with E-state index in [1.54, 1.807) is 0 Å². The van der Waals surface area contributed by atoms with Crippen LogP contribution in [0.1, 0.15) is 25.3 Å². The van der Waals surface area contributed by atoms with Gasteiger partial charge in [-0.25, -0.2) is 0 Å². The molecule has 1 aliphatic heterocycles. The van der Waals surface area contributed by atoms with Gasteiger partial charge in [0.15, 0.2) is 0 Å². The van der Waals surface area contributed by atoms with Crippen LogP contribution in [-0.2, 0) is 4.79 Å². The largest absolute Gasteiger partial charge is 0.370 e. The van der Waals surface area contributed by atoms with Crippen molar-refractivity contribution in [2.75, 3.05) is 42.6 Å². The van der Waals surface area contributed by atoms with Crippen molar-refractivity contribution in [2.45, 2.75) is 19.8 Å². The van der Waals surface area contributed by atoms with Gasteiger partial charge in [-0.15, -0.1) is 0 Å². The van der Waals surface area contributed by atoms with Gasteiger partial charge in [-0.1, -0.05) is 6.92 Å². The SMILES string of the molecule is CCSCCC(=O)N1CCCN(c2ccc(C#N)cc2)CC1. The van der Waals surface area contributed by atoms with E-state index >= 15 is 0 Å². The molecule has 0 atom stereocenters. The van der Waals surface area contributed by atoms with Gasteiger partial charge in [0, 0.05) is 44.0 Å². The molecule has 1 heterocycles. The van der Waals surface area contributed by atoms with Gasteiger partial charge in [0.2, 0.25) is 5.91 Å². The fraction of sp³-hybridized carbons (Fsp3) is 0.529. The standard InChI is InChI=1S/C17H23N3OS/c1-2-22-13-8-17(21)20-10-3-9-19(11-12-20)16-6-4-15(14-18)5-7-16/h4-7H,2-3,8-13H2,1H3. The summed E-state index contributed by atoms with van der Waals surface area (Å²) in [5, 5.41) is 8.86. The maximum atomic E-state index is 12.2. The number of hydrogen-bond donors (Lipinski definition) is 0. The van der Waals surface area contributed by atoms with E-state index in [9.17, 15) is 4.79 Å². The van der Waals surface area contributed by atoms with Crippen molar-refractivity contribution < 1.29 is 4.79 Å². The fourth-order valence-corrected chi connectivity index (χ4v) is 3.24. The summed E-state index contributed by atoms with van der Waals surface area (Å²) in [6.07, 6.45) is 1.64. The molecular formula is C17H23N3OS. The predicted molar refractivity (Wildman–Crippen MR) is 92.2 cm³/mol. The van der Waals surface area contributed by atoms with Crippen LogP contribution in [0, 0.1) is 11.3 Å². The first-order valence-electron chi connectivity index (χ1n) is 7.85. The Morgan fingerprint density at radius 1 is 1.23 bits per heavy atom. The minimum atomic E-state index is 0.280. The smallest absolute Gasteiger partial charge is 0.223 e. The van der Waals surface area contributed by atoms with Crippen molar-refractivity contribution in [3.05, 3.63) is 29.8 Å². The van der Waals surface area contributed by atoms with Gasteiger partial charge in [-0.05, 0) is 36.4 Å². The third-order valence-corrected chi connectivity index (χ3v) is 4.78. The molecule has 0 aliphatic carbocycles. The molecule has 0 saturated carbocycles. The van der Waals surface area contributed by atoms with Crippen LogP contribution in [0.2, 0.25) is 0 Å². The third kappa shape index (κ3) is 4.67. The quantitative estimate of drug-likeness (QED) is 0.784. The Labute approximate surface area is 137 Å². The fourth-order valence-electron chi connectivity index (χ4n) is 2.63. The van der Waals surface area contributed by atoms with Gasteiger partial charge in [-0.3, -0.25) is 4.79 Å². The van der Waals surface area contributed by atoms with Crippen molar-refractivity contribution in [3.8, 4) is 6.07 Å². The summed E-state index contributed by atoms with van der Waals surface area (Å²) >= 11 is 1.82. The molecule has 5 heteroatoms. The number of nitriles is 1. The lowest BCUT2D eigenvalue weighted by Crippen LogP contribution is -2.35. The van der Waals surface area contributed by atoms with E-state index in [0.717, 1.165) is 49.8 Å². The Bertz CT molecular complexity index is 524. The number of benzene rings is 1. The topological polar surface area (TPSA) is 47.3 Å². The van der Waals surface area contributed by atoms with E-state index < -0.39 is 0 Å². The first-order valence-corrected chi connectivity index (χ1v) is 9.00. The molecule has 4 nitrogen and oxygen atoms in total. The number of carbonyl (C=O) groups is 1. The van der Waals surface area contributed by atoms with E-state index in [4.69, 9.17) is 5.26 Å². The van der Waals surface area contributed by atoms with E-state index in [-0.39, 0.29) is 5.91 Å². The Hall–Kier alpha value is -1.67. The number of rotatable bonds is 5. The van der Waals surface area contributed by atoms with Gasteiger partial charge >= 0.3 is 0 Å². The molecule has 1 amide bonds. The number of hydrogen-bond acceptors (Lipinski definition) is 4. The summed E-state index contributed by atoms with van der Waals surface area (Å²) < 4.78 is 0. The van der Waals surface area contributed by atoms with Gasteiger partial charge in [0.05, 0.1) is 11.6 Å². The highest BCUT2D eigenvalue weighted by atomic mass is 32.2. The van der Waals surface area contributed by atoms with Gasteiger partial charge in [0.25, 0.3) is 0 Å². The summed E-state index contributed by atoms with van der Waals surface area (Å²) in [6.45, 7) is 5.58. The minimum Gasteiger partial charge on any atom is -0.370 e. The number of nitrogens with zero attached hydrogens (tertiary/aromatic N) is 3. The van der Waals surface area contributed by atoms with Crippen LogP contribution >= 0.6 is 11.8 Å². The molecule has 1 aromatic rings. The zero-order valence-electron chi connectivity index (χ0n) is 13.1. The van der Waals surface area contributed by atoms with Crippen LogP contribution in [0.4, 0.5) is 5.69 Å². The molecule has 1 aromatic carbocycles. The molecule has 0 radical (unpaired) electrons. The first kappa shape index (κ1) is 16.7. The van der Waals surface area contributed by atoms with Crippen molar-refractivity contribution in [2.24, 2.45) is 0 Å². The molecule has 1 fully saturated rings. The summed E-state index contributed by atoms with van der Waals surface area (Å²) in [4.78, 5) is 16.5. The average Bonchev–Trinajstić information content (AvgIpc) is 2.81. The third-order valence-electron chi connectivity index (χ3n) is 3.87. The lowest BCUT2D eigenvalue weighted by Gasteiger charge is -2.23. The summed E-state index contributed by atoms with van der Waals surface area (Å²) in [5.74, 6) is 2.27. The first-order chi connectivity index (χ1) is 10.7. The second-order valence-corrected chi connectivity index (χ2v) is 6.72. The van der Waals surface area contributed by atoms with Gasteiger partial charge in [-0.2, -0.15) is 17.0 Å². The number of carbonyl (C=O) groups excluding carboxylic acids is 1. The van der Waals surface area contributed by atoms with Crippen molar-refractivity contribution in [1.82, 2.24) is 4.90 Å². The minimum absolute atomic E-state index is 0.280. The highest BCUT2D eigenvalue weighted by Crippen LogP contribution is 2.17. The Balaban J connectivity index is 1.89. The van der Waals surface area contributed by atoms with E-state index in [0.29, 0.717) is 12.0 Å². The molecular weight excluding hydrogens is 294 g/mol. The summed E-state index contributed by atoms with van der Waals surface area (Å²) in [7, 11) is 0. The zero-order chi connectivity index (χ0) is 15.8. The van der Waals surface area contributed by atoms with E-state index in [1.807, 2.05) is 40.9 Å². The Kier molecular flexibility index (Phi) is 6.60. The van der Waals surface area contributed by atoms with Crippen LogP contribution in [0.5, 0.6) is 0 Å². The van der Waals surface area contributed by atoms with Crippen LogP contribution in [-0.4, -0.2) is 48.5 Å². The molecule has 1 aliphatic rings. The van der Waals surface area contributed by atoms with Crippen LogP contribution in [0.25, 0.3) is 0 Å². The molecule has 0 spiro atoms. The van der Waals surface area contributed by atoms with Crippen LogP contribution in [0.15, 0.2) is 24.3 Å². The molecule has 2 rings (SSSR count). The molecule has 118 valence electrons. The highest BCUT2D eigenvalue weighted by Gasteiger charge is 2.18. The molecule has 0 aromatic heterocycles. The number of amides is 1. The van der Waals surface area contributed by atoms with Crippen LogP contribution in [0.3, 0.4) is 0 Å². The lowest BCUT2D eigenvalue weighted by atomic mass is 10.2. The maximum absolute atomic E-state index is 12.2. The van der Waals surface area contributed by atoms with Crippen LogP contribution < -0.4 is 4.90 Å². The van der Waals surface area contributed by atoms with Gasteiger partial charge in [0.1, 0.15) is 0 Å². The highest BCUT2D eigenvalue weighted by molar-refractivity contribution is 7.99. The Morgan fingerprint density at radius 2 is 2.00 bits per heavy atom. The molecule has 0 N–H and O–H groups in total. The molecule has 22 heavy (non-hydrogen) atoms. The molecule has 0 bridgehead atoms. The molecule has 1 saturated heterocycles. The van der Waals surface area contributed by atoms with Crippen molar-refractivity contribution >= 4 is 23.4 Å². The van der Waals surface area contributed by atoms with E-state index in [2.05, 4.69) is 17.9 Å². The van der Waals surface area contributed by atoms with Gasteiger partial charge < -0.3 is 9.80 Å². The summed E-state index contributed by atoms with van der Waals surface area (Å²) in [6, 6.07) is 9.83. The summed E-state index contributed by atoms with van der Waals surface area (Å²) in [5.41, 5.74) is 1.82. The van der Waals surface area contributed by atoms with E-state index in [1.165, 1.54) is 0 Å². The second kappa shape index (κ2) is 8.70.